The summed E-state index contributed by atoms with van der Waals surface area (Å²) in [5.74, 6) is -2.58. The van der Waals surface area contributed by atoms with Crippen molar-refractivity contribution in [2.24, 2.45) is 50.2 Å². The Morgan fingerprint density at radius 1 is 0.662 bits per heavy atom. The van der Waals surface area contributed by atoms with Crippen molar-refractivity contribution in [3.63, 3.8) is 0 Å². The molecule has 0 amide bonds. The lowest BCUT2D eigenvalue weighted by molar-refractivity contribution is -0.389. The highest BCUT2D eigenvalue weighted by atomic mass is 16.8. The van der Waals surface area contributed by atoms with Gasteiger partial charge in [0, 0.05) is 12.0 Å². The third kappa shape index (κ3) is 7.94. The zero-order chi connectivity index (χ0) is 49.8. The van der Waals surface area contributed by atoms with Crippen LogP contribution in [0.2, 0.25) is 0 Å². The van der Waals surface area contributed by atoms with Crippen LogP contribution < -0.4 is 0 Å². The van der Waals surface area contributed by atoms with Crippen molar-refractivity contribution in [2.75, 3.05) is 19.8 Å². The number of rotatable bonds is 11. The average molecular weight is 973 g/mol. The Labute approximate surface area is 396 Å². The number of aliphatic hydroxyl groups is 10. The Hall–Kier alpha value is -1.96. The average Bonchev–Trinajstić information content (AvgIpc) is 3.29. The lowest BCUT2D eigenvalue weighted by Crippen LogP contribution is -2.68. The van der Waals surface area contributed by atoms with Crippen LogP contribution in [-0.4, -0.2) is 191 Å². The van der Waals surface area contributed by atoms with Gasteiger partial charge in [-0.05, 0) is 111 Å². The number of hydrogen-bond donors (Lipinski definition) is 12. The molecule has 0 spiro atoms. The highest BCUT2D eigenvalue weighted by Gasteiger charge is 2.70. The van der Waals surface area contributed by atoms with Crippen LogP contribution in [0.15, 0.2) is 11.6 Å². The molecule has 388 valence electrons. The molecule has 8 rings (SSSR count). The third-order valence-electron chi connectivity index (χ3n) is 19.7. The van der Waals surface area contributed by atoms with E-state index >= 15 is 0 Å². The monoisotopic (exact) mass is 972 g/mol. The number of carboxylic acids is 2. The zero-order valence-electron chi connectivity index (χ0n) is 39.9. The van der Waals surface area contributed by atoms with Gasteiger partial charge in [-0.25, -0.2) is 4.79 Å². The van der Waals surface area contributed by atoms with E-state index in [9.17, 15) is 70.9 Å². The third-order valence-corrected chi connectivity index (χ3v) is 19.7. The quantitative estimate of drug-likeness (QED) is 0.0940. The number of aliphatic carboxylic acids is 2. The van der Waals surface area contributed by atoms with Crippen molar-refractivity contribution in [3.8, 4) is 0 Å². The van der Waals surface area contributed by atoms with E-state index in [1.54, 1.807) is 0 Å². The second-order valence-corrected chi connectivity index (χ2v) is 23.1. The molecule has 0 aromatic rings. The van der Waals surface area contributed by atoms with Gasteiger partial charge in [0.15, 0.2) is 25.0 Å². The van der Waals surface area contributed by atoms with Crippen LogP contribution in [0.5, 0.6) is 0 Å². The Morgan fingerprint density at radius 2 is 1.32 bits per heavy atom. The number of aliphatic hydroxyl groups excluding tert-OH is 10. The van der Waals surface area contributed by atoms with E-state index in [0.717, 1.165) is 19.3 Å². The van der Waals surface area contributed by atoms with Gasteiger partial charge in [-0.3, -0.25) is 4.79 Å². The van der Waals surface area contributed by atoms with Crippen molar-refractivity contribution in [1.29, 1.82) is 0 Å². The Kier molecular flexibility index (Phi) is 14.3. The first-order chi connectivity index (χ1) is 31.8. The summed E-state index contributed by atoms with van der Waals surface area (Å²) >= 11 is 0. The summed E-state index contributed by atoms with van der Waals surface area (Å²) in [6.45, 7) is 11.4. The molecule has 25 atom stereocenters. The fourth-order valence-electron chi connectivity index (χ4n) is 15.1. The topological polar surface area (TPSA) is 332 Å². The molecular formula is C48H76O20. The summed E-state index contributed by atoms with van der Waals surface area (Å²) < 4.78 is 35.8. The van der Waals surface area contributed by atoms with Crippen molar-refractivity contribution in [2.45, 2.75) is 204 Å². The summed E-state index contributed by atoms with van der Waals surface area (Å²) in [4.78, 5) is 24.9. The van der Waals surface area contributed by atoms with E-state index in [4.69, 9.17) is 28.4 Å². The predicted octanol–water partition coefficient (Wildman–Crippen LogP) is -0.229. The van der Waals surface area contributed by atoms with Crippen molar-refractivity contribution < 1.29 is 99.3 Å². The van der Waals surface area contributed by atoms with Crippen molar-refractivity contribution in [1.82, 2.24) is 0 Å². The van der Waals surface area contributed by atoms with Crippen LogP contribution in [0.25, 0.3) is 0 Å². The highest BCUT2D eigenvalue weighted by Crippen LogP contribution is 2.76. The highest BCUT2D eigenvalue weighted by molar-refractivity contribution is 5.76. The summed E-state index contributed by atoms with van der Waals surface area (Å²) in [7, 11) is 0. The van der Waals surface area contributed by atoms with Crippen molar-refractivity contribution >= 4 is 11.9 Å². The minimum atomic E-state index is -2.04. The molecule has 7 fully saturated rings. The first-order valence-corrected chi connectivity index (χ1v) is 24.5. The van der Waals surface area contributed by atoms with Gasteiger partial charge in [-0.2, -0.15) is 0 Å². The van der Waals surface area contributed by atoms with Gasteiger partial charge < -0.3 is 89.7 Å². The Morgan fingerprint density at radius 3 is 1.96 bits per heavy atom. The largest absolute Gasteiger partial charge is 0.481 e. The molecule has 0 unspecified atom stereocenters. The van der Waals surface area contributed by atoms with E-state index in [2.05, 4.69) is 33.8 Å². The van der Waals surface area contributed by atoms with Crippen LogP contribution in [0.1, 0.15) is 106 Å². The Bertz CT molecular complexity index is 1910. The van der Waals surface area contributed by atoms with Crippen LogP contribution >= 0.6 is 0 Å². The number of fused-ring (bicyclic) bond motifs is 7. The number of carbonyl (C=O) groups is 2. The number of hydrogen-bond acceptors (Lipinski definition) is 18. The van der Waals surface area contributed by atoms with Gasteiger partial charge in [0.25, 0.3) is 0 Å². The zero-order valence-corrected chi connectivity index (χ0v) is 39.9. The van der Waals surface area contributed by atoms with Gasteiger partial charge in [0.1, 0.15) is 61.0 Å². The minimum absolute atomic E-state index is 0.000769. The molecule has 0 bridgehead atoms. The SMILES string of the molecule is C[C@@H]1O[C@@H](O[C@H]2[C@H](O[C@@H]3CC[C@@]4(C)[C@@H](CC[C@]5(C)[C@@H]4CC=C4[C@H]6C[C@@](C)(CO)CC[C@]6(C(=O)O)CC[C@]45C)[C@@]3(C)CO)O[C@H](CO)[C@@H](O)[C@@H]2O)[C@@H](O)[C@H](O[C@@H]2O[C@H](C(=O)O)[C@@H](O)[C@H](O)[C@H]2O)[C@H]1O. The van der Waals surface area contributed by atoms with Crippen LogP contribution in [0, 0.1) is 50.2 Å². The number of ether oxygens (including phenoxy) is 6. The second-order valence-electron chi connectivity index (χ2n) is 23.1. The van der Waals surface area contributed by atoms with Gasteiger partial charge in [-0.15, -0.1) is 0 Å². The fourth-order valence-corrected chi connectivity index (χ4v) is 15.1. The van der Waals surface area contributed by atoms with E-state index in [1.165, 1.54) is 12.5 Å². The van der Waals surface area contributed by atoms with Crippen LogP contribution in [0.4, 0.5) is 0 Å². The molecule has 0 aromatic carbocycles. The Balaban J connectivity index is 1.04. The maximum Gasteiger partial charge on any atom is 0.335 e. The molecule has 5 aliphatic carbocycles. The molecule has 20 heteroatoms. The molecule has 0 aromatic heterocycles. The molecule has 4 saturated carbocycles. The van der Waals surface area contributed by atoms with Crippen molar-refractivity contribution in [3.05, 3.63) is 11.6 Å². The summed E-state index contributed by atoms with van der Waals surface area (Å²) in [5.41, 5.74) is -1.79. The lowest BCUT2D eigenvalue weighted by atomic mass is 9.33. The first-order valence-electron chi connectivity index (χ1n) is 24.5. The molecular weight excluding hydrogens is 897 g/mol. The second kappa shape index (κ2) is 18.5. The van der Waals surface area contributed by atoms with E-state index in [1.807, 2.05) is 6.92 Å². The predicted molar refractivity (Wildman–Crippen MR) is 233 cm³/mol. The number of carboxylic acid groups (broad SMARTS) is 2. The summed E-state index contributed by atoms with van der Waals surface area (Å²) in [6, 6.07) is 0. The van der Waals surface area contributed by atoms with E-state index < -0.39 is 128 Å². The van der Waals surface area contributed by atoms with Crippen LogP contribution in [-0.2, 0) is 38.0 Å². The van der Waals surface area contributed by atoms with Gasteiger partial charge >= 0.3 is 11.9 Å². The molecule has 3 saturated heterocycles. The molecule has 3 aliphatic heterocycles. The maximum absolute atomic E-state index is 13.2. The standard InChI is InChI=1S/C48H76O20/c1-21-28(52)35(66-39-33(57)30(54)32(56)36(67-39)38(59)60)34(58)40(63-21)68-37-31(55)29(53)24(18-49)64-41(37)65-27-10-11-44(3)25(45(27,4)20-51)9-12-47(6)26(44)8-7-22-23-17-43(2,19-50)13-15-48(23,42(61)62)16-14-46(22,47)5/h7,21,23-37,39-41,49-58H,8-20H2,1-6H3,(H,59,60)(H,61,62)/t21-,23+,24+,25+,26+,27+,28-,29+,30-,31-,32-,33+,34-,35+,36-,37+,39+,40-,41-,43-,44-,45+,46+,47+,48-/m0/s1. The minimum Gasteiger partial charge on any atom is -0.481 e. The molecule has 0 radical (unpaired) electrons. The van der Waals surface area contributed by atoms with E-state index in [0.29, 0.717) is 44.9 Å². The van der Waals surface area contributed by atoms with Gasteiger partial charge in [-0.1, -0.05) is 46.3 Å². The first kappa shape index (κ1) is 52.4. The fraction of sp³-hybridized carbons (Fsp3) is 0.917. The van der Waals surface area contributed by atoms with E-state index in [-0.39, 0.29) is 52.6 Å². The lowest BCUT2D eigenvalue weighted by Gasteiger charge is -2.71. The van der Waals surface area contributed by atoms with Gasteiger partial charge in [0.05, 0.1) is 30.8 Å². The summed E-state index contributed by atoms with van der Waals surface area (Å²) in [5, 5.41) is 129. The molecule has 3 heterocycles. The molecule has 8 aliphatic rings. The maximum atomic E-state index is 13.2. The molecule has 20 nitrogen and oxygen atoms in total. The van der Waals surface area contributed by atoms with Crippen LogP contribution in [0.3, 0.4) is 0 Å². The molecule has 12 N–H and O–H groups in total. The summed E-state index contributed by atoms with van der Waals surface area (Å²) in [6.07, 6.45) is -18.5. The normalized spacial score (nSPS) is 54.9. The molecule has 68 heavy (non-hydrogen) atoms. The number of allylic oxidation sites excluding steroid dienone is 2. The van der Waals surface area contributed by atoms with Gasteiger partial charge in [0.2, 0.25) is 0 Å². The smallest absolute Gasteiger partial charge is 0.335 e.